The van der Waals surface area contributed by atoms with Crippen molar-refractivity contribution in [3.05, 3.63) is 46.7 Å². The summed E-state index contributed by atoms with van der Waals surface area (Å²) in [5.74, 6) is 5.41. The van der Waals surface area contributed by atoms with E-state index in [1.807, 2.05) is 12.1 Å². The van der Waals surface area contributed by atoms with Crippen LogP contribution in [0, 0.1) is 0 Å². The van der Waals surface area contributed by atoms with Gasteiger partial charge in [0.05, 0.1) is 12.3 Å². The first-order chi connectivity index (χ1) is 12.9. The molecule has 0 saturated carbocycles. The van der Waals surface area contributed by atoms with E-state index in [1.54, 1.807) is 17.0 Å². The molecule has 1 fully saturated rings. The van der Waals surface area contributed by atoms with Gasteiger partial charge in [0.1, 0.15) is 12.6 Å². The summed E-state index contributed by atoms with van der Waals surface area (Å²) in [4.78, 5) is 26.6. The molecule has 0 aromatic heterocycles. The van der Waals surface area contributed by atoms with Crippen LogP contribution in [0.5, 0.6) is 0 Å². The summed E-state index contributed by atoms with van der Waals surface area (Å²) < 4.78 is 4.90. The third-order valence-corrected chi connectivity index (χ3v) is 4.47. The Morgan fingerprint density at radius 3 is 2.78 bits per heavy atom. The standard InChI is InChI=1S/C18H26ClN5O3/c1-27-12-15(20)10-23(21)11-17(25)24-8-2-3-16(24)18(26)22-9-13-4-6-14(19)7-5-13/h4-7,10,16H,2-3,8-9,11-12,20-21H2,1H3,(H,22,26)/b15-10-. The van der Waals surface area contributed by atoms with Crippen molar-refractivity contribution < 1.29 is 14.3 Å². The molecule has 2 rings (SSSR count). The topological polar surface area (TPSA) is 114 Å². The van der Waals surface area contributed by atoms with Crippen LogP contribution in [0.3, 0.4) is 0 Å². The summed E-state index contributed by atoms with van der Waals surface area (Å²) in [6.45, 7) is 1.07. The number of carbonyl (C=O) groups excluding carboxylic acids is 2. The van der Waals surface area contributed by atoms with Crippen LogP contribution in [-0.2, 0) is 20.9 Å². The Labute approximate surface area is 164 Å². The number of hydrogen-bond acceptors (Lipinski definition) is 6. The number of nitrogens with two attached hydrogens (primary N) is 2. The number of hydrogen-bond donors (Lipinski definition) is 3. The molecule has 1 saturated heterocycles. The fourth-order valence-electron chi connectivity index (χ4n) is 2.96. The van der Waals surface area contributed by atoms with E-state index in [1.165, 1.54) is 18.3 Å². The second kappa shape index (κ2) is 10.1. The number of rotatable bonds is 8. The highest BCUT2D eigenvalue weighted by molar-refractivity contribution is 6.30. The molecule has 1 aromatic rings. The van der Waals surface area contributed by atoms with Crippen molar-refractivity contribution in [1.82, 2.24) is 15.2 Å². The van der Waals surface area contributed by atoms with Gasteiger partial charge in [-0.05, 0) is 30.5 Å². The third-order valence-electron chi connectivity index (χ3n) is 4.22. The quantitative estimate of drug-likeness (QED) is 0.438. The van der Waals surface area contributed by atoms with Crippen molar-refractivity contribution in [1.29, 1.82) is 0 Å². The van der Waals surface area contributed by atoms with Crippen LogP contribution in [0.15, 0.2) is 36.2 Å². The molecule has 1 atom stereocenters. The van der Waals surface area contributed by atoms with Gasteiger partial charge in [0.25, 0.3) is 0 Å². The van der Waals surface area contributed by atoms with E-state index in [9.17, 15) is 9.59 Å². The molecule has 5 N–H and O–H groups in total. The summed E-state index contributed by atoms with van der Waals surface area (Å²) in [6.07, 6.45) is 2.86. The molecule has 1 aromatic carbocycles. The minimum atomic E-state index is -0.487. The van der Waals surface area contributed by atoms with Crippen LogP contribution in [0.1, 0.15) is 18.4 Å². The number of methoxy groups -OCH3 is 1. The van der Waals surface area contributed by atoms with Gasteiger partial charge < -0.3 is 25.7 Å². The van der Waals surface area contributed by atoms with Crippen LogP contribution in [0.25, 0.3) is 0 Å². The second-order valence-electron chi connectivity index (χ2n) is 6.40. The van der Waals surface area contributed by atoms with E-state index < -0.39 is 6.04 Å². The van der Waals surface area contributed by atoms with Crippen molar-refractivity contribution in [2.45, 2.75) is 25.4 Å². The van der Waals surface area contributed by atoms with E-state index in [2.05, 4.69) is 5.32 Å². The van der Waals surface area contributed by atoms with Crippen LogP contribution in [0.2, 0.25) is 5.02 Å². The predicted octanol–water partition coefficient (Wildman–Crippen LogP) is 0.569. The largest absolute Gasteiger partial charge is 0.399 e. The molecule has 0 aliphatic carbocycles. The fourth-order valence-corrected chi connectivity index (χ4v) is 3.08. The molecule has 0 bridgehead atoms. The lowest BCUT2D eigenvalue weighted by Crippen LogP contribution is -2.49. The average molecular weight is 396 g/mol. The zero-order valence-electron chi connectivity index (χ0n) is 15.4. The smallest absolute Gasteiger partial charge is 0.244 e. The monoisotopic (exact) mass is 395 g/mol. The third kappa shape index (κ3) is 6.42. The summed E-state index contributed by atoms with van der Waals surface area (Å²) in [6, 6.07) is 6.76. The van der Waals surface area contributed by atoms with Crippen molar-refractivity contribution in [3.63, 3.8) is 0 Å². The van der Waals surface area contributed by atoms with E-state index in [0.29, 0.717) is 30.2 Å². The molecule has 1 aliphatic rings. The highest BCUT2D eigenvalue weighted by atomic mass is 35.5. The van der Waals surface area contributed by atoms with Crippen LogP contribution in [-0.4, -0.2) is 54.6 Å². The van der Waals surface area contributed by atoms with Crippen molar-refractivity contribution >= 4 is 23.4 Å². The lowest BCUT2D eigenvalue weighted by molar-refractivity contribution is -0.139. The maximum Gasteiger partial charge on any atom is 0.244 e. The number of benzene rings is 1. The summed E-state index contributed by atoms with van der Waals surface area (Å²) >= 11 is 5.86. The maximum atomic E-state index is 12.5. The van der Waals surface area contributed by atoms with Crippen LogP contribution < -0.4 is 16.9 Å². The first kappa shape index (κ1) is 21.0. The SMILES string of the molecule is COC/C(N)=C/N(N)CC(=O)N1CCCC1C(=O)NCc1ccc(Cl)cc1. The molecule has 2 amide bonds. The highest BCUT2D eigenvalue weighted by Crippen LogP contribution is 2.18. The number of ether oxygens (including phenoxy) is 1. The summed E-state index contributed by atoms with van der Waals surface area (Å²) in [5.41, 5.74) is 7.06. The van der Waals surface area contributed by atoms with Crippen molar-refractivity contribution in [3.8, 4) is 0 Å². The molecule has 148 valence electrons. The average Bonchev–Trinajstić information content (AvgIpc) is 3.11. The molecule has 1 unspecified atom stereocenters. The van der Waals surface area contributed by atoms with Gasteiger partial charge in [-0.1, -0.05) is 23.7 Å². The molecule has 8 nitrogen and oxygen atoms in total. The zero-order chi connectivity index (χ0) is 19.8. The lowest BCUT2D eigenvalue weighted by atomic mass is 10.2. The van der Waals surface area contributed by atoms with Gasteiger partial charge in [0, 0.05) is 31.4 Å². The summed E-state index contributed by atoms with van der Waals surface area (Å²) in [5, 5.41) is 4.73. The minimum Gasteiger partial charge on any atom is -0.399 e. The molecule has 0 spiro atoms. The Balaban J connectivity index is 1.89. The predicted molar refractivity (Wildman–Crippen MR) is 103 cm³/mol. The van der Waals surface area contributed by atoms with Gasteiger partial charge >= 0.3 is 0 Å². The van der Waals surface area contributed by atoms with E-state index in [0.717, 1.165) is 12.0 Å². The van der Waals surface area contributed by atoms with E-state index >= 15 is 0 Å². The van der Waals surface area contributed by atoms with Gasteiger partial charge in [-0.15, -0.1) is 0 Å². The van der Waals surface area contributed by atoms with E-state index in [-0.39, 0.29) is 25.0 Å². The number of halogens is 1. The Bertz CT molecular complexity index is 680. The second-order valence-corrected chi connectivity index (χ2v) is 6.84. The highest BCUT2D eigenvalue weighted by Gasteiger charge is 2.34. The Hall–Kier alpha value is -2.29. The Kier molecular flexibility index (Phi) is 7.90. The van der Waals surface area contributed by atoms with Gasteiger partial charge in [-0.2, -0.15) is 0 Å². The van der Waals surface area contributed by atoms with Crippen LogP contribution >= 0.6 is 11.6 Å². The van der Waals surface area contributed by atoms with Crippen molar-refractivity contribution in [2.24, 2.45) is 11.6 Å². The number of nitrogens with zero attached hydrogens (tertiary/aromatic N) is 2. The zero-order valence-corrected chi connectivity index (χ0v) is 16.1. The maximum absolute atomic E-state index is 12.5. The normalized spacial score (nSPS) is 17.1. The molecule has 1 heterocycles. The summed E-state index contributed by atoms with van der Waals surface area (Å²) in [7, 11) is 1.52. The number of likely N-dealkylation sites (tertiary alicyclic amines) is 1. The molecule has 27 heavy (non-hydrogen) atoms. The molecular weight excluding hydrogens is 370 g/mol. The fraction of sp³-hybridized carbons (Fsp3) is 0.444. The van der Waals surface area contributed by atoms with Gasteiger partial charge in [-0.3, -0.25) is 9.59 Å². The molecular formula is C18H26ClN5O3. The molecule has 0 radical (unpaired) electrons. The first-order valence-corrected chi connectivity index (χ1v) is 9.06. The minimum absolute atomic E-state index is 0.0641. The van der Waals surface area contributed by atoms with Gasteiger partial charge in [0.15, 0.2) is 0 Å². The number of hydrazine groups is 1. The Morgan fingerprint density at radius 1 is 1.41 bits per heavy atom. The molecule has 1 aliphatic heterocycles. The Morgan fingerprint density at radius 2 is 2.11 bits per heavy atom. The number of amides is 2. The van der Waals surface area contributed by atoms with Gasteiger partial charge in [0.2, 0.25) is 11.8 Å². The van der Waals surface area contributed by atoms with Gasteiger partial charge in [-0.25, -0.2) is 5.84 Å². The number of nitrogens with one attached hydrogen (secondary N) is 1. The van der Waals surface area contributed by atoms with Crippen molar-refractivity contribution in [2.75, 3.05) is 26.8 Å². The first-order valence-electron chi connectivity index (χ1n) is 8.68. The van der Waals surface area contributed by atoms with Crippen LogP contribution in [0.4, 0.5) is 0 Å². The number of carbonyl (C=O) groups is 2. The lowest BCUT2D eigenvalue weighted by Gasteiger charge is -2.26. The molecule has 9 heteroatoms. The van der Waals surface area contributed by atoms with E-state index in [4.69, 9.17) is 27.9 Å².